The quantitative estimate of drug-likeness (QED) is 0.874. The lowest BCUT2D eigenvalue weighted by Gasteiger charge is -2.11. The van der Waals surface area contributed by atoms with Crippen molar-refractivity contribution in [2.75, 3.05) is 7.11 Å². The summed E-state index contributed by atoms with van der Waals surface area (Å²) in [5.74, 6) is 0.841. The van der Waals surface area contributed by atoms with E-state index in [0.29, 0.717) is 27.8 Å². The number of aromatic nitrogens is 2. The second kappa shape index (κ2) is 5.48. The van der Waals surface area contributed by atoms with Crippen molar-refractivity contribution >= 4 is 23.1 Å². The molecule has 0 atom stereocenters. The van der Waals surface area contributed by atoms with Gasteiger partial charge in [-0.2, -0.15) is 8.78 Å². The first-order chi connectivity index (χ1) is 9.05. The molecule has 1 aromatic carbocycles. The molecular formula is C12H12F2N2O2S. The van der Waals surface area contributed by atoms with Crippen molar-refractivity contribution in [2.24, 2.45) is 0 Å². The van der Waals surface area contributed by atoms with Crippen LogP contribution in [0.1, 0.15) is 12.7 Å². The van der Waals surface area contributed by atoms with E-state index in [1.54, 1.807) is 6.07 Å². The largest absolute Gasteiger partial charge is 0.493 e. The lowest BCUT2D eigenvalue weighted by molar-refractivity contribution is -0.0511. The third-order valence-corrected chi connectivity index (χ3v) is 2.91. The van der Waals surface area contributed by atoms with E-state index >= 15 is 0 Å². The van der Waals surface area contributed by atoms with Crippen molar-refractivity contribution in [2.45, 2.75) is 20.0 Å². The summed E-state index contributed by atoms with van der Waals surface area (Å²) in [6, 6.07) is 2.98. The molecule has 1 aromatic heterocycles. The molecule has 7 heteroatoms. The molecule has 2 aromatic rings. The highest BCUT2D eigenvalue weighted by Crippen LogP contribution is 2.33. The third kappa shape index (κ3) is 2.81. The van der Waals surface area contributed by atoms with Crippen molar-refractivity contribution in [3.63, 3.8) is 0 Å². The summed E-state index contributed by atoms with van der Waals surface area (Å²) in [4.78, 5) is 7.22. The molecule has 4 nitrogen and oxygen atoms in total. The molecule has 1 N–H and O–H groups in total. The third-order valence-electron chi connectivity index (χ3n) is 2.60. The zero-order valence-electron chi connectivity index (χ0n) is 10.4. The number of aromatic amines is 1. The van der Waals surface area contributed by atoms with Gasteiger partial charge in [0.25, 0.3) is 0 Å². The number of alkyl halides is 2. The van der Waals surface area contributed by atoms with Gasteiger partial charge >= 0.3 is 6.61 Å². The van der Waals surface area contributed by atoms with E-state index < -0.39 is 6.61 Å². The van der Waals surface area contributed by atoms with E-state index in [9.17, 15) is 8.78 Å². The first-order valence-corrected chi connectivity index (χ1v) is 6.01. The van der Waals surface area contributed by atoms with Crippen LogP contribution in [-0.2, 0) is 6.42 Å². The van der Waals surface area contributed by atoms with Crippen molar-refractivity contribution in [1.82, 2.24) is 9.97 Å². The number of halogens is 2. The number of fused-ring (bicyclic) bond motifs is 1. The van der Waals surface area contributed by atoms with Crippen LogP contribution in [0.3, 0.4) is 0 Å². The summed E-state index contributed by atoms with van der Waals surface area (Å²) >= 11 is 5.17. The van der Waals surface area contributed by atoms with Crippen molar-refractivity contribution in [3.8, 4) is 11.5 Å². The van der Waals surface area contributed by atoms with E-state index in [1.807, 2.05) is 6.92 Å². The highest BCUT2D eigenvalue weighted by Gasteiger charge is 2.13. The van der Waals surface area contributed by atoms with Gasteiger partial charge in [-0.1, -0.05) is 19.1 Å². The van der Waals surface area contributed by atoms with Crippen LogP contribution in [0.2, 0.25) is 0 Å². The van der Waals surface area contributed by atoms with E-state index in [4.69, 9.17) is 17.0 Å². The van der Waals surface area contributed by atoms with Crippen LogP contribution in [0.15, 0.2) is 12.1 Å². The van der Waals surface area contributed by atoms with Gasteiger partial charge in [-0.15, -0.1) is 0 Å². The molecule has 0 unspecified atom stereocenters. The minimum Gasteiger partial charge on any atom is -0.493 e. The Bertz CT molecular complexity index is 658. The van der Waals surface area contributed by atoms with Crippen LogP contribution in [0.5, 0.6) is 11.5 Å². The molecule has 0 amide bonds. The molecule has 102 valence electrons. The maximum atomic E-state index is 12.3. The van der Waals surface area contributed by atoms with Gasteiger partial charge in [0.2, 0.25) is 0 Å². The van der Waals surface area contributed by atoms with Gasteiger partial charge in [0.1, 0.15) is 10.5 Å². The average molecular weight is 286 g/mol. The number of hydrogen-bond donors (Lipinski definition) is 1. The predicted molar refractivity (Wildman–Crippen MR) is 69.5 cm³/mol. The molecule has 0 aliphatic rings. The van der Waals surface area contributed by atoms with Gasteiger partial charge in [-0.05, 0) is 6.07 Å². The minimum atomic E-state index is -2.91. The molecule has 0 saturated heterocycles. The van der Waals surface area contributed by atoms with Crippen LogP contribution in [0.25, 0.3) is 10.9 Å². The number of benzene rings is 1. The van der Waals surface area contributed by atoms with Gasteiger partial charge in [0.15, 0.2) is 11.5 Å². The van der Waals surface area contributed by atoms with Crippen LogP contribution in [-0.4, -0.2) is 23.7 Å². The normalized spacial score (nSPS) is 11.0. The first kappa shape index (κ1) is 13.7. The minimum absolute atomic E-state index is 0.0381. The zero-order valence-corrected chi connectivity index (χ0v) is 11.2. The summed E-state index contributed by atoms with van der Waals surface area (Å²) in [6.45, 7) is -0.999. The van der Waals surface area contributed by atoms with Crippen LogP contribution < -0.4 is 9.47 Å². The Morgan fingerprint density at radius 1 is 1.37 bits per heavy atom. The Hall–Kier alpha value is -1.76. The highest BCUT2D eigenvalue weighted by atomic mass is 32.1. The molecule has 19 heavy (non-hydrogen) atoms. The molecule has 0 fully saturated rings. The number of nitrogens with zero attached hydrogens (tertiary/aromatic N) is 1. The van der Waals surface area contributed by atoms with Crippen LogP contribution in [0.4, 0.5) is 8.78 Å². The molecule has 2 rings (SSSR count). The Labute approximate surface area is 113 Å². The smallest absolute Gasteiger partial charge is 0.387 e. The molecule has 0 bridgehead atoms. The fourth-order valence-corrected chi connectivity index (χ4v) is 2.00. The maximum absolute atomic E-state index is 12.3. The van der Waals surface area contributed by atoms with Gasteiger partial charge in [0.05, 0.1) is 12.6 Å². The van der Waals surface area contributed by atoms with Crippen LogP contribution >= 0.6 is 12.2 Å². The highest BCUT2D eigenvalue weighted by molar-refractivity contribution is 7.71. The van der Waals surface area contributed by atoms with E-state index in [1.165, 1.54) is 13.2 Å². The van der Waals surface area contributed by atoms with E-state index in [-0.39, 0.29) is 11.5 Å². The van der Waals surface area contributed by atoms with Gasteiger partial charge in [0, 0.05) is 17.9 Å². The molecule has 0 aliphatic heterocycles. The second-order valence-electron chi connectivity index (χ2n) is 3.77. The molecule has 1 heterocycles. The molecule has 0 saturated carbocycles. The Morgan fingerprint density at radius 2 is 2.11 bits per heavy atom. The second-order valence-corrected chi connectivity index (χ2v) is 4.16. The predicted octanol–water partition coefficient (Wildman–Crippen LogP) is 3.46. The fourth-order valence-electron chi connectivity index (χ4n) is 1.72. The number of ether oxygens (including phenoxy) is 2. The van der Waals surface area contributed by atoms with Gasteiger partial charge < -0.3 is 14.5 Å². The Balaban J connectivity index is 2.67. The Kier molecular flexibility index (Phi) is 3.94. The summed E-state index contributed by atoms with van der Waals surface area (Å²) < 4.78 is 34.5. The number of rotatable bonds is 4. The SMILES string of the molecule is CCc1nc(=S)c2cc(OC)c(OC(F)F)cc2[nH]1. The molecule has 0 spiro atoms. The molecule has 0 radical (unpaired) electrons. The maximum Gasteiger partial charge on any atom is 0.387 e. The van der Waals surface area contributed by atoms with Crippen LogP contribution in [0, 0.1) is 4.64 Å². The van der Waals surface area contributed by atoms with Crippen molar-refractivity contribution in [1.29, 1.82) is 0 Å². The average Bonchev–Trinajstić information content (AvgIpc) is 2.37. The van der Waals surface area contributed by atoms with Gasteiger partial charge in [-0.25, -0.2) is 4.98 Å². The van der Waals surface area contributed by atoms with E-state index in [2.05, 4.69) is 14.7 Å². The summed E-state index contributed by atoms with van der Waals surface area (Å²) in [5.41, 5.74) is 0.591. The number of hydrogen-bond acceptors (Lipinski definition) is 4. The lowest BCUT2D eigenvalue weighted by atomic mass is 10.2. The number of aryl methyl sites for hydroxylation is 1. The zero-order chi connectivity index (χ0) is 14.0. The topological polar surface area (TPSA) is 47.1 Å². The number of H-pyrrole nitrogens is 1. The summed E-state index contributed by atoms with van der Waals surface area (Å²) in [7, 11) is 1.38. The lowest BCUT2D eigenvalue weighted by Crippen LogP contribution is -2.04. The standard InChI is InChI=1S/C12H12F2N2O2S/c1-3-10-15-7-5-9(18-12(13)14)8(17-2)4-6(7)11(19)16-10/h4-5,12H,3H2,1-2H3,(H,15,16,19). The van der Waals surface area contributed by atoms with Crippen molar-refractivity contribution < 1.29 is 18.3 Å². The fraction of sp³-hybridized carbons (Fsp3) is 0.333. The summed E-state index contributed by atoms with van der Waals surface area (Å²) in [6.07, 6.45) is 0.663. The molecular weight excluding hydrogens is 274 g/mol. The molecule has 0 aliphatic carbocycles. The van der Waals surface area contributed by atoms with Gasteiger partial charge in [-0.3, -0.25) is 0 Å². The monoisotopic (exact) mass is 286 g/mol. The number of nitrogens with one attached hydrogen (secondary N) is 1. The number of methoxy groups -OCH3 is 1. The Morgan fingerprint density at radius 3 is 2.68 bits per heavy atom. The first-order valence-electron chi connectivity index (χ1n) is 5.61. The van der Waals surface area contributed by atoms with E-state index in [0.717, 1.165) is 0 Å². The summed E-state index contributed by atoms with van der Waals surface area (Å²) in [5, 5.41) is 0.630. The van der Waals surface area contributed by atoms with Crippen molar-refractivity contribution in [3.05, 3.63) is 22.6 Å².